The summed E-state index contributed by atoms with van der Waals surface area (Å²) in [5.41, 5.74) is 14.6. The molecule has 0 radical (unpaired) electrons. The van der Waals surface area contributed by atoms with Crippen LogP contribution in [0.5, 0.6) is 0 Å². The molecule has 0 N–H and O–H groups in total. The van der Waals surface area contributed by atoms with E-state index in [4.69, 9.17) is 0 Å². The molecule has 11 rings (SSSR count). The predicted octanol–water partition coefficient (Wildman–Crippen LogP) is 16.3. The average molecular weight is 735 g/mol. The van der Waals surface area contributed by atoms with Crippen molar-refractivity contribution in [2.24, 2.45) is 0 Å². The van der Waals surface area contributed by atoms with Gasteiger partial charge in [0.1, 0.15) is 0 Å². The minimum absolute atomic E-state index is 1.19. The molecular weight excluding hydrogens is 697 g/mol. The van der Waals surface area contributed by atoms with E-state index in [2.05, 4.69) is 231 Å². The molecule has 270 valence electrons. The Bertz CT molecular complexity index is 3280. The molecule has 0 heteroatoms. The molecule has 0 atom stereocenters. The Morgan fingerprint density at radius 3 is 1.02 bits per heavy atom. The first-order valence-corrected chi connectivity index (χ1v) is 20.1. The summed E-state index contributed by atoms with van der Waals surface area (Å²) in [7, 11) is 0. The maximum atomic E-state index is 2.41. The van der Waals surface area contributed by atoms with E-state index in [1.165, 1.54) is 110 Å². The van der Waals surface area contributed by atoms with Crippen molar-refractivity contribution in [2.75, 3.05) is 0 Å². The Morgan fingerprint density at radius 2 is 0.483 bits per heavy atom. The van der Waals surface area contributed by atoms with Crippen molar-refractivity contribution in [1.82, 2.24) is 0 Å². The normalized spacial score (nSPS) is 11.4. The van der Waals surface area contributed by atoms with Crippen LogP contribution in [-0.4, -0.2) is 0 Å². The van der Waals surface area contributed by atoms with Crippen LogP contribution < -0.4 is 0 Å². The third kappa shape index (κ3) is 6.04. The summed E-state index contributed by atoms with van der Waals surface area (Å²) < 4.78 is 0. The van der Waals surface area contributed by atoms with E-state index in [-0.39, 0.29) is 0 Å². The molecule has 0 saturated heterocycles. The minimum atomic E-state index is 1.19. The summed E-state index contributed by atoms with van der Waals surface area (Å²) in [5, 5.41) is 10.00. The van der Waals surface area contributed by atoms with Crippen LogP contribution in [0.25, 0.3) is 110 Å². The lowest BCUT2D eigenvalue weighted by atomic mass is 9.84. The van der Waals surface area contributed by atoms with Crippen LogP contribution in [0.1, 0.15) is 0 Å². The van der Waals surface area contributed by atoms with E-state index in [0.29, 0.717) is 0 Å². The number of hydrogen-bond acceptors (Lipinski definition) is 0. The van der Waals surface area contributed by atoms with E-state index in [1.54, 1.807) is 0 Å². The lowest BCUT2D eigenvalue weighted by Gasteiger charge is -2.19. The molecule has 11 aromatic carbocycles. The summed E-state index contributed by atoms with van der Waals surface area (Å²) in [6.45, 7) is 0. The molecule has 0 heterocycles. The molecule has 0 spiro atoms. The molecule has 0 aromatic heterocycles. The number of fused-ring (bicyclic) bond motifs is 4. The van der Waals surface area contributed by atoms with Gasteiger partial charge in [-0.15, -0.1) is 0 Å². The van der Waals surface area contributed by atoms with Gasteiger partial charge in [0.25, 0.3) is 0 Å². The van der Waals surface area contributed by atoms with E-state index >= 15 is 0 Å². The fourth-order valence-corrected chi connectivity index (χ4v) is 8.96. The van der Waals surface area contributed by atoms with Crippen LogP contribution in [0.4, 0.5) is 0 Å². The van der Waals surface area contributed by atoms with Crippen molar-refractivity contribution in [3.8, 4) is 66.8 Å². The lowest BCUT2D eigenvalue weighted by Crippen LogP contribution is -1.92. The third-order valence-corrected chi connectivity index (χ3v) is 11.8. The smallest absolute Gasteiger partial charge is 0.00259 e. The van der Waals surface area contributed by atoms with Crippen molar-refractivity contribution in [1.29, 1.82) is 0 Å². The van der Waals surface area contributed by atoms with Gasteiger partial charge in [0.15, 0.2) is 0 Å². The Balaban J connectivity index is 1.15. The third-order valence-electron chi connectivity index (χ3n) is 11.8. The highest BCUT2D eigenvalue weighted by molar-refractivity contribution is 6.22. The van der Waals surface area contributed by atoms with Gasteiger partial charge in [0.2, 0.25) is 0 Å². The summed E-state index contributed by atoms with van der Waals surface area (Å²) >= 11 is 0. The first-order chi connectivity index (χ1) is 28.7. The Morgan fingerprint density at radius 1 is 0.155 bits per heavy atom. The van der Waals surface area contributed by atoms with Gasteiger partial charge in [-0.2, -0.15) is 0 Å². The first-order valence-electron chi connectivity index (χ1n) is 20.1. The number of rotatable bonds is 6. The van der Waals surface area contributed by atoms with Crippen LogP contribution in [-0.2, 0) is 0 Å². The molecule has 11 aromatic rings. The van der Waals surface area contributed by atoms with E-state index in [0.717, 1.165) is 0 Å². The van der Waals surface area contributed by atoms with Crippen molar-refractivity contribution < 1.29 is 0 Å². The molecule has 0 bridgehead atoms. The zero-order chi connectivity index (χ0) is 38.4. The van der Waals surface area contributed by atoms with Crippen molar-refractivity contribution >= 4 is 43.1 Å². The molecule has 0 aliphatic carbocycles. The second-order valence-electron chi connectivity index (χ2n) is 15.3. The zero-order valence-corrected chi connectivity index (χ0v) is 31.9. The highest BCUT2D eigenvalue weighted by Crippen LogP contribution is 2.46. The van der Waals surface area contributed by atoms with Gasteiger partial charge >= 0.3 is 0 Å². The first kappa shape index (κ1) is 33.8. The Labute approximate surface area is 339 Å². The van der Waals surface area contributed by atoms with Gasteiger partial charge in [0, 0.05) is 0 Å². The van der Waals surface area contributed by atoms with Crippen LogP contribution in [0.3, 0.4) is 0 Å². The minimum Gasteiger partial charge on any atom is -0.0622 e. The van der Waals surface area contributed by atoms with Crippen LogP contribution in [0, 0.1) is 0 Å². The SMILES string of the molecule is c1ccc(-c2cccc(-c3cc(-c4cccc(-c5ccc6ccccc6c5)c4)cc(-c4c5ccccc5c(-c5ccc6ccccc6c5)c5ccccc45)c3)c2)cc1. The summed E-state index contributed by atoms with van der Waals surface area (Å²) in [5.74, 6) is 0. The van der Waals surface area contributed by atoms with E-state index in [1.807, 2.05) is 0 Å². The zero-order valence-electron chi connectivity index (χ0n) is 31.9. The molecule has 0 saturated carbocycles. The average Bonchev–Trinajstić information content (AvgIpc) is 3.30. The largest absolute Gasteiger partial charge is 0.0622 e. The van der Waals surface area contributed by atoms with Crippen LogP contribution >= 0.6 is 0 Å². The van der Waals surface area contributed by atoms with Crippen molar-refractivity contribution in [3.05, 3.63) is 231 Å². The van der Waals surface area contributed by atoms with Crippen molar-refractivity contribution in [2.45, 2.75) is 0 Å². The highest BCUT2D eigenvalue weighted by Gasteiger charge is 2.19. The lowest BCUT2D eigenvalue weighted by molar-refractivity contribution is 1.56. The Hall–Kier alpha value is -7.54. The van der Waals surface area contributed by atoms with Gasteiger partial charge in [-0.05, 0) is 152 Å². The van der Waals surface area contributed by atoms with Gasteiger partial charge in [-0.3, -0.25) is 0 Å². The molecule has 0 unspecified atom stereocenters. The molecular formula is C58H38. The monoisotopic (exact) mass is 734 g/mol. The molecule has 58 heavy (non-hydrogen) atoms. The molecule has 0 aliphatic heterocycles. The number of hydrogen-bond donors (Lipinski definition) is 0. The van der Waals surface area contributed by atoms with Gasteiger partial charge < -0.3 is 0 Å². The predicted molar refractivity (Wildman–Crippen MR) is 249 cm³/mol. The fraction of sp³-hybridized carbons (Fsp3) is 0. The van der Waals surface area contributed by atoms with Gasteiger partial charge in [-0.1, -0.05) is 188 Å². The van der Waals surface area contributed by atoms with Gasteiger partial charge in [-0.25, -0.2) is 0 Å². The fourth-order valence-electron chi connectivity index (χ4n) is 8.96. The maximum absolute atomic E-state index is 2.41. The molecule has 0 nitrogen and oxygen atoms in total. The second kappa shape index (κ2) is 14.2. The Kier molecular flexibility index (Phi) is 8.26. The van der Waals surface area contributed by atoms with E-state index < -0.39 is 0 Å². The summed E-state index contributed by atoms with van der Waals surface area (Å²) in [6, 6.07) is 84.8. The number of benzene rings is 11. The van der Waals surface area contributed by atoms with E-state index in [9.17, 15) is 0 Å². The van der Waals surface area contributed by atoms with Gasteiger partial charge in [0.05, 0.1) is 0 Å². The molecule has 0 fully saturated rings. The summed E-state index contributed by atoms with van der Waals surface area (Å²) in [4.78, 5) is 0. The highest BCUT2D eigenvalue weighted by atomic mass is 14.2. The van der Waals surface area contributed by atoms with Crippen molar-refractivity contribution in [3.63, 3.8) is 0 Å². The topological polar surface area (TPSA) is 0 Å². The second-order valence-corrected chi connectivity index (χ2v) is 15.3. The summed E-state index contributed by atoms with van der Waals surface area (Å²) in [6.07, 6.45) is 0. The van der Waals surface area contributed by atoms with Crippen LogP contribution in [0.2, 0.25) is 0 Å². The van der Waals surface area contributed by atoms with Crippen LogP contribution in [0.15, 0.2) is 231 Å². The molecule has 0 amide bonds. The standard InChI is InChI=1S/C58H38/c1-2-14-39(15-3-1)44-20-12-22-46(32-44)50-36-51(47-23-13-21-45(34-47)48-30-28-40-16-4-6-18-42(40)33-48)38-52(37-50)58-55-26-10-8-24-53(55)57(54-25-9-11-27-56(54)58)49-31-29-41-17-5-7-19-43(41)35-49/h1-38H. The molecule has 0 aliphatic rings. The maximum Gasteiger partial charge on any atom is -0.00259 e. The quantitative estimate of drug-likeness (QED) is 0.149.